The van der Waals surface area contributed by atoms with Gasteiger partial charge in [-0.2, -0.15) is 0 Å². The number of hydrogen-bond donors (Lipinski definition) is 1. The van der Waals surface area contributed by atoms with Crippen molar-refractivity contribution in [1.29, 1.82) is 0 Å². The zero-order valence-electron chi connectivity index (χ0n) is 16.8. The lowest BCUT2D eigenvalue weighted by Gasteiger charge is -2.08. The quantitative estimate of drug-likeness (QED) is 0.403. The van der Waals surface area contributed by atoms with Crippen LogP contribution in [-0.4, -0.2) is 31.2 Å². The van der Waals surface area contributed by atoms with E-state index in [1.807, 2.05) is 36.4 Å². The minimum Gasteiger partial charge on any atom is -0.497 e. The SMILES string of the molecule is COc1ccc(-c2sc3cc(C)ccc3c2C(=O)c2ccc(OCCO)cc2)cc1. The Balaban J connectivity index is 1.80. The minimum atomic E-state index is -0.0494. The third kappa shape index (κ3) is 3.95. The molecule has 152 valence electrons. The number of ketones is 1. The fraction of sp³-hybridized carbons (Fsp3) is 0.160. The number of carbonyl (C=O) groups is 1. The third-order valence-corrected chi connectivity index (χ3v) is 6.10. The molecular weight excluding hydrogens is 396 g/mol. The molecule has 0 saturated heterocycles. The van der Waals surface area contributed by atoms with Crippen LogP contribution in [0.4, 0.5) is 0 Å². The molecule has 30 heavy (non-hydrogen) atoms. The highest BCUT2D eigenvalue weighted by Gasteiger charge is 2.21. The molecule has 0 aliphatic heterocycles. The normalized spacial score (nSPS) is 10.9. The maximum Gasteiger partial charge on any atom is 0.195 e. The van der Waals surface area contributed by atoms with E-state index in [1.165, 1.54) is 0 Å². The number of aliphatic hydroxyl groups excluding tert-OH is 1. The maximum absolute atomic E-state index is 13.6. The van der Waals surface area contributed by atoms with E-state index in [0.717, 1.165) is 31.8 Å². The first-order valence-corrected chi connectivity index (χ1v) is 10.5. The molecule has 5 heteroatoms. The van der Waals surface area contributed by atoms with Crippen molar-refractivity contribution in [2.75, 3.05) is 20.3 Å². The predicted molar refractivity (Wildman–Crippen MR) is 121 cm³/mol. The number of thiophene rings is 1. The molecule has 0 bridgehead atoms. The van der Waals surface area contributed by atoms with Crippen LogP contribution in [0.1, 0.15) is 21.5 Å². The molecule has 1 N–H and O–H groups in total. The number of hydrogen-bond acceptors (Lipinski definition) is 5. The summed E-state index contributed by atoms with van der Waals surface area (Å²) >= 11 is 1.63. The number of ether oxygens (including phenoxy) is 2. The predicted octanol–water partition coefficient (Wildman–Crippen LogP) is 5.49. The monoisotopic (exact) mass is 418 g/mol. The van der Waals surface area contributed by atoms with Gasteiger partial charge < -0.3 is 14.6 Å². The molecule has 4 aromatic rings. The van der Waals surface area contributed by atoms with Gasteiger partial charge in [-0.05, 0) is 72.6 Å². The minimum absolute atomic E-state index is 0.0235. The molecule has 0 spiro atoms. The van der Waals surface area contributed by atoms with Gasteiger partial charge in [0.15, 0.2) is 5.78 Å². The number of methoxy groups -OCH3 is 1. The van der Waals surface area contributed by atoms with Gasteiger partial charge in [-0.3, -0.25) is 4.79 Å². The van der Waals surface area contributed by atoms with Gasteiger partial charge in [0.1, 0.15) is 18.1 Å². The van der Waals surface area contributed by atoms with E-state index in [4.69, 9.17) is 14.6 Å². The van der Waals surface area contributed by atoms with Crippen LogP contribution >= 0.6 is 11.3 Å². The first-order chi connectivity index (χ1) is 14.6. The average molecular weight is 419 g/mol. The Bertz CT molecular complexity index is 1170. The summed E-state index contributed by atoms with van der Waals surface area (Å²) < 4.78 is 11.8. The fourth-order valence-electron chi connectivity index (χ4n) is 3.39. The molecular formula is C25H22O4S. The van der Waals surface area contributed by atoms with Gasteiger partial charge in [0.05, 0.1) is 13.7 Å². The zero-order valence-corrected chi connectivity index (χ0v) is 17.7. The number of carbonyl (C=O) groups excluding carboxylic acids is 1. The van der Waals surface area contributed by atoms with Crippen molar-refractivity contribution >= 4 is 27.2 Å². The van der Waals surface area contributed by atoms with E-state index >= 15 is 0 Å². The summed E-state index contributed by atoms with van der Waals surface area (Å²) in [5.41, 5.74) is 3.46. The van der Waals surface area contributed by atoms with Crippen LogP contribution in [-0.2, 0) is 0 Å². The Kier molecular flexibility index (Phi) is 5.84. The fourth-order valence-corrected chi connectivity index (χ4v) is 4.69. The molecule has 0 amide bonds. The maximum atomic E-state index is 13.6. The van der Waals surface area contributed by atoms with Crippen molar-refractivity contribution in [3.63, 3.8) is 0 Å². The Morgan fingerprint density at radius 2 is 1.67 bits per heavy atom. The van der Waals surface area contributed by atoms with Crippen molar-refractivity contribution in [1.82, 2.24) is 0 Å². The molecule has 0 unspecified atom stereocenters. The van der Waals surface area contributed by atoms with E-state index < -0.39 is 0 Å². The summed E-state index contributed by atoms with van der Waals surface area (Å²) in [4.78, 5) is 14.5. The second kappa shape index (κ2) is 8.69. The van der Waals surface area contributed by atoms with Gasteiger partial charge in [-0.15, -0.1) is 11.3 Å². The molecule has 4 nitrogen and oxygen atoms in total. The van der Waals surface area contributed by atoms with E-state index in [2.05, 4.69) is 13.0 Å². The number of fused-ring (bicyclic) bond motifs is 1. The number of rotatable bonds is 7. The first kappa shape index (κ1) is 20.1. The van der Waals surface area contributed by atoms with Gasteiger partial charge in [0.2, 0.25) is 0 Å². The van der Waals surface area contributed by atoms with E-state index in [9.17, 15) is 4.79 Å². The van der Waals surface area contributed by atoms with E-state index in [-0.39, 0.29) is 19.0 Å². The van der Waals surface area contributed by atoms with E-state index in [0.29, 0.717) is 16.9 Å². The largest absolute Gasteiger partial charge is 0.497 e. The lowest BCUT2D eigenvalue weighted by Crippen LogP contribution is -2.04. The molecule has 3 aromatic carbocycles. The van der Waals surface area contributed by atoms with Crippen LogP contribution in [0, 0.1) is 6.92 Å². The molecule has 1 heterocycles. The molecule has 1 aromatic heterocycles. The summed E-state index contributed by atoms with van der Waals surface area (Å²) in [5.74, 6) is 1.38. The van der Waals surface area contributed by atoms with Crippen molar-refractivity contribution in [2.24, 2.45) is 0 Å². The summed E-state index contributed by atoms with van der Waals surface area (Å²) in [6, 6.07) is 21.0. The number of aryl methyl sites for hydroxylation is 1. The van der Waals surface area contributed by atoms with Crippen molar-refractivity contribution in [3.05, 3.63) is 83.4 Å². The number of aliphatic hydroxyl groups is 1. The van der Waals surface area contributed by atoms with Crippen molar-refractivity contribution in [2.45, 2.75) is 6.92 Å². The zero-order chi connectivity index (χ0) is 21.1. The lowest BCUT2D eigenvalue weighted by atomic mass is 9.97. The number of benzene rings is 3. The Labute approximate surface area is 179 Å². The third-order valence-electron chi connectivity index (χ3n) is 4.90. The highest BCUT2D eigenvalue weighted by atomic mass is 32.1. The summed E-state index contributed by atoms with van der Waals surface area (Å²) in [6.07, 6.45) is 0. The van der Waals surface area contributed by atoms with Crippen LogP contribution in [0.25, 0.3) is 20.5 Å². The van der Waals surface area contributed by atoms with Gasteiger partial charge in [0.25, 0.3) is 0 Å². The van der Waals surface area contributed by atoms with E-state index in [1.54, 1.807) is 42.7 Å². The summed E-state index contributed by atoms with van der Waals surface area (Å²) in [5, 5.41) is 9.86. The topological polar surface area (TPSA) is 55.8 Å². The summed E-state index contributed by atoms with van der Waals surface area (Å²) in [7, 11) is 1.64. The van der Waals surface area contributed by atoms with Crippen LogP contribution in [0.15, 0.2) is 66.7 Å². The van der Waals surface area contributed by atoms with Crippen LogP contribution in [0.3, 0.4) is 0 Å². The van der Waals surface area contributed by atoms with Crippen LogP contribution in [0.5, 0.6) is 11.5 Å². The Hall–Kier alpha value is -3.15. The first-order valence-electron chi connectivity index (χ1n) is 9.66. The molecule has 0 atom stereocenters. The molecule has 0 aliphatic rings. The van der Waals surface area contributed by atoms with Crippen LogP contribution in [0.2, 0.25) is 0 Å². The highest BCUT2D eigenvalue weighted by Crippen LogP contribution is 2.40. The Morgan fingerprint density at radius 3 is 2.33 bits per heavy atom. The molecule has 0 fully saturated rings. The van der Waals surface area contributed by atoms with Gasteiger partial charge in [-0.1, -0.05) is 12.1 Å². The lowest BCUT2D eigenvalue weighted by molar-refractivity contribution is 0.104. The van der Waals surface area contributed by atoms with Crippen molar-refractivity contribution < 1.29 is 19.4 Å². The van der Waals surface area contributed by atoms with Crippen LogP contribution < -0.4 is 9.47 Å². The Morgan fingerprint density at radius 1 is 0.967 bits per heavy atom. The second-order valence-corrected chi connectivity index (χ2v) is 8.01. The second-order valence-electron chi connectivity index (χ2n) is 6.96. The summed E-state index contributed by atoms with van der Waals surface area (Å²) in [6.45, 7) is 2.23. The average Bonchev–Trinajstić information content (AvgIpc) is 3.16. The highest BCUT2D eigenvalue weighted by molar-refractivity contribution is 7.22. The van der Waals surface area contributed by atoms with Gasteiger partial charge in [0, 0.05) is 26.1 Å². The molecule has 0 aliphatic carbocycles. The standard InChI is InChI=1S/C25H22O4S/c1-16-3-12-21-22(15-16)30-25(18-6-8-19(28-2)9-7-18)23(21)24(27)17-4-10-20(11-5-17)29-14-13-26/h3-12,15,26H,13-14H2,1-2H3. The molecule has 0 radical (unpaired) electrons. The van der Waals surface area contributed by atoms with Crippen molar-refractivity contribution in [3.8, 4) is 21.9 Å². The van der Waals surface area contributed by atoms with Gasteiger partial charge in [-0.25, -0.2) is 0 Å². The molecule has 0 saturated carbocycles. The van der Waals surface area contributed by atoms with Gasteiger partial charge >= 0.3 is 0 Å². The smallest absolute Gasteiger partial charge is 0.195 e. The molecule has 4 rings (SSSR count).